The number of hydrogen-bond acceptors (Lipinski definition) is 2. The van der Waals surface area contributed by atoms with Gasteiger partial charge in [-0.3, -0.25) is 5.41 Å². The van der Waals surface area contributed by atoms with Gasteiger partial charge in [0.25, 0.3) is 0 Å². The molecular weight excluding hydrogens is 186 g/mol. The Hall–Kier alpha value is -1.51. The third-order valence-electron chi connectivity index (χ3n) is 2.83. The van der Waals surface area contributed by atoms with Crippen molar-refractivity contribution in [1.82, 2.24) is 0 Å². The zero-order valence-corrected chi connectivity index (χ0v) is 9.03. The number of nitrogen functional groups attached to an aromatic ring is 1. The number of nitrogens with one attached hydrogen (secondary N) is 1. The lowest BCUT2D eigenvalue weighted by molar-refractivity contribution is 0.825. The SMILES string of the molecule is CCN(c1ccccc1C(=N)N)C1CC1. The highest BCUT2D eigenvalue weighted by Gasteiger charge is 2.29. The minimum absolute atomic E-state index is 0.157. The van der Waals surface area contributed by atoms with Crippen molar-refractivity contribution < 1.29 is 0 Å². The van der Waals surface area contributed by atoms with Crippen molar-refractivity contribution in [2.45, 2.75) is 25.8 Å². The lowest BCUT2D eigenvalue weighted by Crippen LogP contribution is -2.28. The van der Waals surface area contributed by atoms with Crippen molar-refractivity contribution in [2.75, 3.05) is 11.4 Å². The maximum Gasteiger partial charge on any atom is 0.124 e. The molecule has 1 aromatic rings. The van der Waals surface area contributed by atoms with Crippen molar-refractivity contribution in [2.24, 2.45) is 5.73 Å². The molecule has 0 radical (unpaired) electrons. The first-order chi connectivity index (χ1) is 7.24. The molecule has 1 saturated carbocycles. The van der Waals surface area contributed by atoms with E-state index in [-0.39, 0.29) is 5.84 Å². The van der Waals surface area contributed by atoms with Crippen LogP contribution >= 0.6 is 0 Å². The van der Waals surface area contributed by atoms with Gasteiger partial charge in [-0.2, -0.15) is 0 Å². The van der Waals surface area contributed by atoms with E-state index in [1.54, 1.807) is 0 Å². The zero-order chi connectivity index (χ0) is 10.8. The Morgan fingerprint density at radius 1 is 1.47 bits per heavy atom. The van der Waals surface area contributed by atoms with Crippen LogP contribution in [-0.2, 0) is 0 Å². The molecule has 3 heteroatoms. The van der Waals surface area contributed by atoms with Gasteiger partial charge in [-0.05, 0) is 31.9 Å². The summed E-state index contributed by atoms with van der Waals surface area (Å²) in [4.78, 5) is 2.34. The van der Waals surface area contributed by atoms with Crippen LogP contribution < -0.4 is 10.6 Å². The lowest BCUT2D eigenvalue weighted by atomic mass is 10.1. The van der Waals surface area contributed by atoms with Crippen LogP contribution in [0.15, 0.2) is 24.3 Å². The third kappa shape index (κ3) is 1.96. The van der Waals surface area contributed by atoms with Crippen LogP contribution in [0, 0.1) is 5.41 Å². The highest BCUT2D eigenvalue weighted by Crippen LogP contribution is 2.32. The van der Waals surface area contributed by atoms with Gasteiger partial charge in [0.05, 0.1) is 0 Å². The number of nitrogens with zero attached hydrogens (tertiary/aromatic N) is 1. The van der Waals surface area contributed by atoms with Crippen LogP contribution in [-0.4, -0.2) is 18.4 Å². The summed E-state index contributed by atoms with van der Waals surface area (Å²) in [5, 5.41) is 7.56. The molecule has 1 aliphatic carbocycles. The number of rotatable bonds is 4. The first-order valence-electron chi connectivity index (χ1n) is 5.44. The minimum atomic E-state index is 0.157. The molecule has 1 aliphatic rings. The molecule has 1 aromatic carbocycles. The van der Waals surface area contributed by atoms with Gasteiger partial charge in [-0.1, -0.05) is 12.1 Å². The lowest BCUT2D eigenvalue weighted by Gasteiger charge is -2.25. The Morgan fingerprint density at radius 2 is 2.13 bits per heavy atom. The van der Waals surface area contributed by atoms with Crippen LogP contribution in [0.25, 0.3) is 0 Å². The van der Waals surface area contributed by atoms with Crippen molar-refractivity contribution in [3.8, 4) is 0 Å². The van der Waals surface area contributed by atoms with Crippen LogP contribution in [0.5, 0.6) is 0 Å². The van der Waals surface area contributed by atoms with E-state index in [0.717, 1.165) is 17.8 Å². The average molecular weight is 203 g/mol. The molecule has 0 aromatic heterocycles. The minimum Gasteiger partial charge on any atom is -0.384 e. The molecule has 0 atom stereocenters. The van der Waals surface area contributed by atoms with Gasteiger partial charge in [0.1, 0.15) is 5.84 Å². The quantitative estimate of drug-likeness (QED) is 0.580. The highest BCUT2D eigenvalue weighted by molar-refractivity contribution is 6.00. The zero-order valence-electron chi connectivity index (χ0n) is 9.03. The maximum absolute atomic E-state index is 7.56. The van der Waals surface area contributed by atoms with Gasteiger partial charge in [0, 0.05) is 23.8 Å². The number of hydrogen-bond donors (Lipinski definition) is 2. The fraction of sp³-hybridized carbons (Fsp3) is 0.417. The second kappa shape index (κ2) is 3.93. The summed E-state index contributed by atoms with van der Waals surface area (Å²) < 4.78 is 0. The van der Waals surface area contributed by atoms with E-state index >= 15 is 0 Å². The Morgan fingerprint density at radius 3 is 2.67 bits per heavy atom. The molecule has 0 spiro atoms. The van der Waals surface area contributed by atoms with Crippen LogP contribution in [0.4, 0.5) is 5.69 Å². The van der Waals surface area contributed by atoms with E-state index in [2.05, 4.69) is 17.9 Å². The average Bonchev–Trinajstić information content (AvgIpc) is 3.04. The first-order valence-corrected chi connectivity index (χ1v) is 5.44. The van der Waals surface area contributed by atoms with Gasteiger partial charge < -0.3 is 10.6 Å². The molecule has 0 amide bonds. The number of anilines is 1. The van der Waals surface area contributed by atoms with Crippen molar-refractivity contribution in [3.05, 3.63) is 29.8 Å². The predicted molar refractivity (Wildman–Crippen MR) is 63.5 cm³/mol. The molecule has 0 aliphatic heterocycles. The number of para-hydroxylation sites is 1. The molecule has 80 valence electrons. The maximum atomic E-state index is 7.56. The van der Waals surface area contributed by atoms with Crippen molar-refractivity contribution in [1.29, 1.82) is 5.41 Å². The van der Waals surface area contributed by atoms with Crippen molar-refractivity contribution >= 4 is 11.5 Å². The van der Waals surface area contributed by atoms with E-state index in [4.69, 9.17) is 11.1 Å². The summed E-state index contributed by atoms with van der Waals surface area (Å²) in [6.07, 6.45) is 2.53. The van der Waals surface area contributed by atoms with Crippen LogP contribution in [0.1, 0.15) is 25.3 Å². The first kappa shape index (κ1) is 10.0. The van der Waals surface area contributed by atoms with Gasteiger partial charge in [0.2, 0.25) is 0 Å². The van der Waals surface area contributed by atoms with Gasteiger partial charge in [0.15, 0.2) is 0 Å². The third-order valence-corrected chi connectivity index (χ3v) is 2.83. The Balaban J connectivity index is 2.36. The largest absolute Gasteiger partial charge is 0.384 e. The van der Waals surface area contributed by atoms with E-state index < -0.39 is 0 Å². The monoisotopic (exact) mass is 203 g/mol. The molecular formula is C12H17N3. The number of benzene rings is 1. The number of amidine groups is 1. The molecule has 0 heterocycles. The topological polar surface area (TPSA) is 53.1 Å². The second-order valence-corrected chi connectivity index (χ2v) is 3.95. The van der Waals surface area contributed by atoms with Gasteiger partial charge in [-0.15, -0.1) is 0 Å². The molecule has 0 saturated heterocycles. The Kier molecular flexibility index (Phi) is 2.62. The fourth-order valence-corrected chi connectivity index (χ4v) is 1.96. The van der Waals surface area contributed by atoms with Gasteiger partial charge >= 0.3 is 0 Å². The summed E-state index contributed by atoms with van der Waals surface area (Å²) >= 11 is 0. The van der Waals surface area contributed by atoms with E-state index in [0.29, 0.717) is 6.04 Å². The molecule has 0 bridgehead atoms. The van der Waals surface area contributed by atoms with E-state index in [1.165, 1.54) is 12.8 Å². The van der Waals surface area contributed by atoms with E-state index in [1.807, 2.05) is 18.2 Å². The normalized spacial score (nSPS) is 15.0. The smallest absolute Gasteiger partial charge is 0.124 e. The van der Waals surface area contributed by atoms with E-state index in [9.17, 15) is 0 Å². The summed E-state index contributed by atoms with van der Waals surface area (Å²) in [5.41, 5.74) is 7.54. The van der Waals surface area contributed by atoms with Crippen LogP contribution in [0.2, 0.25) is 0 Å². The summed E-state index contributed by atoms with van der Waals surface area (Å²) in [5.74, 6) is 0.157. The summed E-state index contributed by atoms with van der Waals surface area (Å²) in [6, 6.07) is 8.57. The Bertz CT molecular complexity index is 369. The molecule has 3 nitrogen and oxygen atoms in total. The standard InChI is InChI=1S/C12H17N3/c1-2-15(9-7-8-9)11-6-4-3-5-10(11)12(13)14/h3-6,9H,2,7-8H2,1H3,(H3,13,14). The molecule has 1 fully saturated rings. The highest BCUT2D eigenvalue weighted by atomic mass is 15.2. The molecule has 2 rings (SSSR count). The van der Waals surface area contributed by atoms with Crippen molar-refractivity contribution in [3.63, 3.8) is 0 Å². The number of nitrogens with two attached hydrogens (primary N) is 1. The summed E-state index contributed by atoms with van der Waals surface area (Å²) in [6.45, 7) is 3.13. The molecule has 3 N–H and O–H groups in total. The summed E-state index contributed by atoms with van der Waals surface area (Å²) in [7, 11) is 0. The fourth-order valence-electron chi connectivity index (χ4n) is 1.96. The molecule has 0 unspecified atom stereocenters. The van der Waals surface area contributed by atoms with Gasteiger partial charge in [-0.25, -0.2) is 0 Å². The Labute approximate surface area is 90.4 Å². The second-order valence-electron chi connectivity index (χ2n) is 3.95. The van der Waals surface area contributed by atoms with Crippen LogP contribution in [0.3, 0.4) is 0 Å². The molecule has 15 heavy (non-hydrogen) atoms. The predicted octanol–water partition coefficient (Wildman–Crippen LogP) is 1.96.